The van der Waals surface area contributed by atoms with Gasteiger partial charge in [-0.15, -0.1) is 0 Å². The summed E-state index contributed by atoms with van der Waals surface area (Å²) in [6.07, 6.45) is 4.56. The van der Waals surface area contributed by atoms with Crippen LogP contribution in [0.4, 0.5) is 4.39 Å². The Morgan fingerprint density at radius 2 is 1.95 bits per heavy atom. The van der Waals surface area contributed by atoms with Crippen molar-refractivity contribution in [1.82, 2.24) is 0 Å². The normalized spacial score (nSPS) is 13.7. The van der Waals surface area contributed by atoms with Gasteiger partial charge in [-0.05, 0) is 19.4 Å². The number of benzene rings is 1. The quantitative estimate of drug-likeness (QED) is 0.560. The van der Waals surface area contributed by atoms with Crippen LogP contribution < -0.4 is 5.73 Å². The van der Waals surface area contributed by atoms with Crippen molar-refractivity contribution >= 4 is 5.97 Å². The maximum atomic E-state index is 14.2. The Labute approximate surface area is 126 Å². The second kappa shape index (κ2) is 8.78. The average Bonchev–Trinajstić information content (AvgIpc) is 2.49. The highest BCUT2D eigenvalue weighted by Gasteiger charge is 2.41. The summed E-state index contributed by atoms with van der Waals surface area (Å²) in [4.78, 5) is 12.4. The van der Waals surface area contributed by atoms with Crippen LogP contribution in [0.25, 0.3) is 0 Å². The highest BCUT2D eigenvalue weighted by Crippen LogP contribution is 2.33. The van der Waals surface area contributed by atoms with E-state index in [1.807, 2.05) is 0 Å². The van der Waals surface area contributed by atoms with E-state index < -0.39 is 17.2 Å². The first-order valence-corrected chi connectivity index (χ1v) is 7.74. The number of carbonyl (C=O) groups excluding carboxylic acids is 1. The largest absolute Gasteiger partial charge is 0.465 e. The molecule has 0 radical (unpaired) electrons. The molecule has 1 unspecified atom stereocenters. The van der Waals surface area contributed by atoms with Gasteiger partial charge in [0.15, 0.2) is 0 Å². The minimum atomic E-state index is -1.07. The summed E-state index contributed by atoms with van der Waals surface area (Å²) in [6, 6.07) is 6.35. The number of ether oxygens (including phenoxy) is 1. The molecule has 0 saturated heterocycles. The van der Waals surface area contributed by atoms with Crippen LogP contribution in [0.2, 0.25) is 0 Å². The molecular formula is C17H26FNO2. The molecule has 0 aliphatic rings. The van der Waals surface area contributed by atoms with Crippen molar-refractivity contribution < 1.29 is 13.9 Å². The number of rotatable bonds is 9. The minimum absolute atomic E-state index is 0.0545. The Morgan fingerprint density at radius 1 is 1.24 bits per heavy atom. The first-order valence-electron chi connectivity index (χ1n) is 7.74. The van der Waals surface area contributed by atoms with Crippen LogP contribution in [0.5, 0.6) is 0 Å². The van der Waals surface area contributed by atoms with Gasteiger partial charge in [-0.25, -0.2) is 4.39 Å². The fourth-order valence-corrected chi connectivity index (χ4v) is 2.61. The van der Waals surface area contributed by atoms with E-state index in [2.05, 4.69) is 6.92 Å². The third kappa shape index (κ3) is 4.27. The number of hydrogen-bond acceptors (Lipinski definition) is 3. The van der Waals surface area contributed by atoms with Crippen molar-refractivity contribution in [2.75, 3.05) is 13.2 Å². The monoisotopic (exact) mass is 295 g/mol. The molecule has 1 atom stereocenters. The van der Waals surface area contributed by atoms with Crippen LogP contribution in [-0.2, 0) is 14.9 Å². The van der Waals surface area contributed by atoms with Gasteiger partial charge in [-0.1, -0.05) is 50.8 Å². The minimum Gasteiger partial charge on any atom is -0.465 e. The van der Waals surface area contributed by atoms with Crippen LogP contribution in [0.15, 0.2) is 24.3 Å². The number of unbranched alkanes of at least 4 members (excludes halogenated alkanes) is 3. The van der Waals surface area contributed by atoms with Gasteiger partial charge in [0, 0.05) is 12.1 Å². The SMILES string of the molecule is CCCCCCC(CN)(C(=O)OCC)c1ccccc1F. The van der Waals surface area contributed by atoms with Crippen LogP contribution in [0.3, 0.4) is 0 Å². The summed E-state index contributed by atoms with van der Waals surface area (Å²) < 4.78 is 19.4. The maximum absolute atomic E-state index is 14.2. The van der Waals surface area contributed by atoms with E-state index in [4.69, 9.17) is 10.5 Å². The first-order chi connectivity index (χ1) is 10.1. The van der Waals surface area contributed by atoms with Crippen molar-refractivity contribution in [3.05, 3.63) is 35.6 Å². The third-order valence-corrected chi connectivity index (χ3v) is 3.86. The number of nitrogens with two attached hydrogens (primary N) is 1. The van der Waals surface area contributed by atoms with Crippen molar-refractivity contribution in [3.8, 4) is 0 Å². The van der Waals surface area contributed by atoms with Crippen molar-refractivity contribution in [2.24, 2.45) is 5.73 Å². The van der Waals surface area contributed by atoms with E-state index in [-0.39, 0.29) is 13.2 Å². The molecule has 2 N–H and O–H groups in total. The summed E-state index contributed by atoms with van der Waals surface area (Å²) >= 11 is 0. The second-order valence-electron chi connectivity index (χ2n) is 5.30. The lowest BCUT2D eigenvalue weighted by Crippen LogP contribution is -2.45. The molecule has 0 saturated carbocycles. The van der Waals surface area contributed by atoms with Gasteiger partial charge in [0.05, 0.1) is 6.61 Å². The molecule has 4 heteroatoms. The van der Waals surface area contributed by atoms with E-state index in [0.717, 1.165) is 25.7 Å². The average molecular weight is 295 g/mol. The predicted molar refractivity (Wildman–Crippen MR) is 82.5 cm³/mol. The number of carbonyl (C=O) groups is 1. The standard InChI is InChI=1S/C17H26FNO2/c1-3-5-6-9-12-17(13-19,16(20)21-4-2)14-10-7-8-11-15(14)18/h7-8,10-11H,3-6,9,12-13,19H2,1-2H3. The lowest BCUT2D eigenvalue weighted by molar-refractivity contribution is -0.150. The zero-order valence-electron chi connectivity index (χ0n) is 13.0. The van der Waals surface area contributed by atoms with Gasteiger partial charge >= 0.3 is 5.97 Å². The van der Waals surface area contributed by atoms with Crippen LogP contribution >= 0.6 is 0 Å². The van der Waals surface area contributed by atoms with E-state index in [9.17, 15) is 9.18 Å². The Balaban J connectivity index is 3.07. The maximum Gasteiger partial charge on any atom is 0.317 e. The first kappa shape index (κ1) is 17.6. The van der Waals surface area contributed by atoms with Gasteiger partial charge in [0.1, 0.15) is 11.2 Å². The number of hydrogen-bond donors (Lipinski definition) is 1. The number of halogens is 1. The lowest BCUT2D eigenvalue weighted by Gasteiger charge is -2.31. The molecule has 118 valence electrons. The molecule has 0 fully saturated rings. The molecule has 0 aromatic heterocycles. The fourth-order valence-electron chi connectivity index (χ4n) is 2.61. The Morgan fingerprint density at radius 3 is 2.52 bits per heavy atom. The number of esters is 1. The van der Waals surface area contributed by atoms with E-state index in [1.165, 1.54) is 6.07 Å². The Bertz CT molecular complexity index is 450. The van der Waals surface area contributed by atoms with Gasteiger partial charge in [-0.3, -0.25) is 4.79 Å². The molecule has 3 nitrogen and oxygen atoms in total. The van der Waals surface area contributed by atoms with E-state index >= 15 is 0 Å². The van der Waals surface area contributed by atoms with E-state index in [1.54, 1.807) is 25.1 Å². The van der Waals surface area contributed by atoms with Crippen LogP contribution in [0.1, 0.15) is 51.5 Å². The summed E-state index contributed by atoms with van der Waals surface area (Å²) in [7, 11) is 0. The molecular weight excluding hydrogens is 269 g/mol. The zero-order chi connectivity index (χ0) is 15.7. The molecule has 1 rings (SSSR count). The predicted octanol–water partition coefficient (Wildman–Crippen LogP) is 3.56. The summed E-state index contributed by atoms with van der Waals surface area (Å²) in [6.45, 7) is 4.19. The fraction of sp³-hybridized carbons (Fsp3) is 0.588. The Hall–Kier alpha value is -1.42. The van der Waals surface area contributed by atoms with Crippen LogP contribution in [0, 0.1) is 5.82 Å². The highest BCUT2D eigenvalue weighted by molar-refractivity contribution is 5.83. The highest BCUT2D eigenvalue weighted by atomic mass is 19.1. The van der Waals surface area contributed by atoms with Crippen molar-refractivity contribution in [2.45, 2.75) is 51.4 Å². The van der Waals surface area contributed by atoms with E-state index in [0.29, 0.717) is 12.0 Å². The smallest absolute Gasteiger partial charge is 0.317 e. The molecule has 0 heterocycles. The molecule has 0 aliphatic carbocycles. The zero-order valence-corrected chi connectivity index (χ0v) is 13.0. The molecule has 1 aromatic rings. The van der Waals surface area contributed by atoms with Crippen LogP contribution in [-0.4, -0.2) is 19.1 Å². The molecule has 0 bridgehead atoms. The van der Waals surface area contributed by atoms with Gasteiger partial charge < -0.3 is 10.5 Å². The van der Waals surface area contributed by atoms with Gasteiger partial charge in [-0.2, -0.15) is 0 Å². The second-order valence-corrected chi connectivity index (χ2v) is 5.30. The topological polar surface area (TPSA) is 52.3 Å². The van der Waals surface area contributed by atoms with Gasteiger partial charge in [0.2, 0.25) is 0 Å². The summed E-state index contributed by atoms with van der Waals surface area (Å²) in [5.41, 5.74) is 5.16. The van der Waals surface area contributed by atoms with Gasteiger partial charge in [0.25, 0.3) is 0 Å². The molecule has 0 amide bonds. The Kier molecular flexibility index (Phi) is 7.37. The molecule has 0 spiro atoms. The summed E-state index contributed by atoms with van der Waals surface area (Å²) in [5, 5.41) is 0. The molecule has 0 aliphatic heterocycles. The lowest BCUT2D eigenvalue weighted by atomic mass is 9.76. The third-order valence-electron chi connectivity index (χ3n) is 3.86. The van der Waals surface area contributed by atoms with Crippen molar-refractivity contribution in [1.29, 1.82) is 0 Å². The molecule has 21 heavy (non-hydrogen) atoms. The summed E-state index contributed by atoms with van der Waals surface area (Å²) in [5.74, 6) is -0.819. The molecule has 1 aromatic carbocycles. The van der Waals surface area contributed by atoms with Crippen molar-refractivity contribution in [3.63, 3.8) is 0 Å².